The summed E-state index contributed by atoms with van der Waals surface area (Å²) >= 11 is 1.58. The number of amides is 2. The topological polar surface area (TPSA) is 108 Å². The molecule has 0 radical (unpaired) electrons. The van der Waals surface area contributed by atoms with Crippen molar-refractivity contribution in [2.45, 2.75) is 19.1 Å². The number of carbonyl (C=O) groups is 2. The van der Waals surface area contributed by atoms with Crippen LogP contribution in [0, 0.1) is 0 Å². The highest BCUT2D eigenvalue weighted by Crippen LogP contribution is 2.29. The van der Waals surface area contributed by atoms with E-state index in [0.29, 0.717) is 44.0 Å². The van der Waals surface area contributed by atoms with E-state index in [1.54, 1.807) is 23.3 Å². The zero-order chi connectivity index (χ0) is 25.7. The molecule has 3 heterocycles. The summed E-state index contributed by atoms with van der Waals surface area (Å²) in [4.78, 5) is 39.0. The summed E-state index contributed by atoms with van der Waals surface area (Å²) in [5.74, 6) is 0.363. The van der Waals surface area contributed by atoms with Crippen LogP contribution in [-0.2, 0) is 11.3 Å². The Hall–Kier alpha value is -3.70. The fourth-order valence-electron chi connectivity index (χ4n) is 3.95. The number of hydrogen-bond donors (Lipinski definition) is 1. The standard InChI is InChI=1S/C25H29N5O5S/c1-28-11-12-30(23(31)19-15-26-24(34-3)27-22(19)28)18-7-4-6-17(14-18)16-35-20(21-8-5-13-36-21)9-10-29(2)25(32)33/h4-8,13-15,20H,9-12,16H2,1-3H3,(H,32,33). The lowest BCUT2D eigenvalue weighted by molar-refractivity contribution is 0.0310. The molecule has 3 aromatic rings. The van der Waals surface area contributed by atoms with E-state index in [9.17, 15) is 14.7 Å². The molecule has 0 saturated carbocycles. The number of thiophene rings is 1. The second kappa shape index (κ2) is 11.4. The zero-order valence-electron chi connectivity index (χ0n) is 20.5. The lowest BCUT2D eigenvalue weighted by atomic mass is 10.1. The number of fused-ring (bicyclic) bond motifs is 1. The maximum atomic E-state index is 13.4. The van der Waals surface area contributed by atoms with Gasteiger partial charge in [-0.1, -0.05) is 18.2 Å². The molecule has 190 valence electrons. The molecular weight excluding hydrogens is 482 g/mol. The van der Waals surface area contributed by atoms with Crippen LogP contribution in [0.25, 0.3) is 0 Å². The Morgan fingerprint density at radius 1 is 1.28 bits per heavy atom. The number of carboxylic acid groups (broad SMARTS) is 1. The van der Waals surface area contributed by atoms with Crippen molar-refractivity contribution in [3.63, 3.8) is 0 Å². The van der Waals surface area contributed by atoms with Crippen LogP contribution in [0.4, 0.5) is 16.3 Å². The number of carbonyl (C=O) groups excluding carboxylic acids is 1. The first-order chi connectivity index (χ1) is 17.4. The first-order valence-electron chi connectivity index (χ1n) is 11.5. The Bertz CT molecular complexity index is 1210. The predicted octanol–water partition coefficient (Wildman–Crippen LogP) is 3.90. The van der Waals surface area contributed by atoms with Crippen LogP contribution in [0.3, 0.4) is 0 Å². The van der Waals surface area contributed by atoms with Gasteiger partial charge in [0.05, 0.1) is 19.8 Å². The van der Waals surface area contributed by atoms with E-state index in [0.717, 1.165) is 16.1 Å². The highest BCUT2D eigenvalue weighted by molar-refractivity contribution is 7.10. The first-order valence-corrected chi connectivity index (χ1v) is 12.4. The number of anilines is 2. The van der Waals surface area contributed by atoms with Gasteiger partial charge in [-0.2, -0.15) is 4.98 Å². The average molecular weight is 512 g/mol. The van der Waals surface area contributed by atoms with Crippen LogP contribution < -0.4 is 14.5 Å². The third kappa shape index (κ3) is 5.74. The van der Waals surface area contributed by atoms with Gasteiger partial charge in [0.25, 0.3) is 5.91 Å². The second-order valence-corrected chi connectivity index (χ2v) is 9.43. The Morgan fingerprint density at radius 2 is 2.11 bits per heavy atom. The van der Waals surface area contributed by atoms with Gasteiger partial charge in [0.2, 0.25) is 0 Å². The van der Waals surface area contributed by atoms with Crippen molar-refractivity contribution < 1.29 is 24.2 Å². The average Bonchev–Trinajstić information content (AvgIpc) is 3.39. The third-order valence-electron chi connectivity index (χ3n) is 6.01. The Morgan fingerprint density at radius 3 is 2.83 bits per heavy atom. The van der Waals surface area contributed by atoms with Gasteiger partial charge in [-0.15, -0.1) is 11.3 Å². The van der Waals surface area contributed by atoms with Gasteiger partial charge in [-0.05, 0) is 35.6 Å². The van der Waals surface area contributed by atoms with Crippen LogP contribution >= 0.6 is 11.3 Å². The van der Waals surface area contributed by atoms with Gasteiger partial charge in [-0.3, -0.25) is 4.79 Å². The molecule has 0 aliphatic carbocycles. The molecular formula is C25H29N5O5S. The van der Waals surface area contributed by atoms with Crippen molar-refractivity contribution in [3.8, 4) is 6.01 Å². The summed E-state index contributed by atoms with van der Waals surface area (Å²) in [6.07, 6.45) is 0.847. The van der Waals surface area contributed by atoms with Crippen LogP contribution in [-0.4, -0.2) is 72.8 Å². The fourth-order valence-corrected chi connectivity index (χ4v) is 4.76. The minimum atomic E-state index is -0.967. The SMILES string of the molecule is COc1ncc2c(n1)N(C)CCN(c1cccc(COC(CCN(C)C(=O)O)c3cccs3)c1)C2=O. The van der Waals surface area contributed by atoms with Crippen molar-refractivity contribution in [1.82, 2.24) is 14.9 Å². The minimum absolute atomic E-state index is 0.178. The lowest BCUT2D eigenvalue weighted by Crippen LogP contribution is -2.33. The molecule has 1 unspecified atom stereocenters. The summed E-state index contributed by atoms with van der Waals surface area (Å²) in [5, 5.41) is 11.2. The van der Waals surface area contributed by atoms with Crippen LogP contribution in [0.1, 0.15) is 33.3 Å². The molecule has 10 nitrogen and oxygen atoms in total. The van der Waals surface area contributed by atoms with Crippen molar-refractivity contribution >= 4 is 34.8 Å². The van der Waals surface area contributed by atoms with Crippen molar-refractivity contribution in [3.05, 3.63) is 64.0 Å². The molecule has 0 saturated heterocycles. The highest BCUT2D eigenvalue weighted by Gasteiger charge is 2.28. The number of aromatic nitrogens is 2. The van der Waals surface area contributed by atoms with E-state index >= 15 is 0 Å². The third-order valence-corrected chi connectivity index (χ3v) is 6.98. The fraction of sp³-hybridized carbons (Fsp3) is 0.360. The van der Waals surface area contributed by atoms with Crippen LogP contribution in [0.5, 0.6) is 6.01 Å². The molecule has 2 amide bonds. The summed E-state index contributed by atoms with van der Waals surface area (Å²) < 4.78 is 11.4. The van der Waals surface area contributed by atoms with E-state index in [4.69, 9.17) is 9.47 Å². The number of likely N-dealkylation sites (N-methyl/N-ethyl adjacent to an activating group) is 1. The lowest BCUT2D eigenvalue weighted by Gasteiger charge is -2.23. The smallest absolute Gasteiger partial charge is 0.407 e. The van der Waals surface area contributed by atoms with Crippen molar-refractivity contribution in [2.24, 2.45) is 0 Å². The molecule has 1 aromatic carbocycles. The van der Waals surface area contributed by atoms with Gasteiger partial charge in [-0.25, -0.2) is 9.78 Å². The molecule has 2 aromatic heterocycles. The number of nitrogens with zero attached hydrogens (tertiary/aromatic N) is 5. The number of rotatable bonds is 9. The minimum Gasteiger partial charge on any atom is -0.467 e. The van der Waals surface area contributed by atoms with E-state index in [2.05, 4.69) is 9.97 Å². The van der Waals surface area contributed by atoms with Crippen molar-refractivity contribution in [2.75, 3.05) is 50.6 Å². The number of hydrogen-bond acceptors (Lipinski definition) is 8. The molecule has 0 spiro atoms. The van der Waals surface area contributed by atoms with Gasteiger partial charge < -0.3 is 29.3 Å². The summed E-state index contributed by atoms with van der Waals surface area (Å²) in [5.41, 5.74) is 2.09. The summed E-state index contributed by atoms with van der Waals surface area (Å²) in [7, 11) is 4.93. The largest absolute Gasteiger partial charge is 0.467 e. The molecule has 1 atom stereocenters. The maximum Gasteiger partial charge on any atom is 0.407 e. The zero-order valence-corrected chi connectivity index (χ0v) is 21.3. The molecule has 36 heavy (non-hydrogen) atoms. The molecule has 1 N–H and O–H groups in total. The van der Waals surface area contributed by atoms with E-state index < -0.39 is 6.09 Å². The van der Waals surface area contributed by atoms with Gasteiger partial charge >= 0.3 is 12.1 Å². The van der Waals surface area contributed by atoms with E-state index in [1.165, 1.54) is 18.2 Å². The normalized spacial score (nSPS) is 14.2. The van der Waals surface area contributed by atoms with Gasteiger partial charge in [0.15, 0.2) is 0 Å². The van der Waals surface area contributed by atoms with Crippen molar-refractivity contribution in [1.29, 1.82) is 0 Å². The molecule has 0 bridgehead atoms. The Balaban J connectivity index is 1.50. The Kier molecular flexibility index (Phi) is 8.01. The quantitative estimate of drug-likeness (QED) is 0.461. The van der Waals surface area contributed by atoms with E-state index in [-0.39, 0.29) is 18.0 Å². The molecule has 11 heteroatoms. The molecule has 4 rings (SSSR count). The monoisotopic (exact) mass is 511 g/mol. The number of benzene rings is 1. The van der Waals surface area contributed by atoms with Gasteiger partial charge in [0.1, 0.15) is 11.4 Å². The van der Waals surface area contributed by atoms with Crippen LogP contribution in [0.15, 0.2) is 48.0 Å². The van der Waals surface area contributed by atoms with Crippen LogP contribution in [0.2, 0.25) is 0 Å². The molecule has 1 aliphatic heterocycles. The summed E-state index contributed by atoms with van der Waals surface area (Å²) in [6, 6.07) is 11.9. The Labute approximate surface area is 213 Å². The predicted molar refractivity (Wildman–Crippen MR) is 137 cm³/mol. The summed E-state index contributed by atoms with van der Waals surface area (Å²) in [6.45, 7) is 1.76. The number of ether oxygens (including phenoxy) is 2. The molecule has 1 aliphatic rings. The maximum absolute atomic E-state index is 13.4. The van der Waals surface area contributed by atoms with Gasteiger partial charge in [0, 0.05) is 50.5 Å². The van der Waals surface area contributed by atoms with E-state index in [1.807, 2.05) is 53.7 Å². The molecule has 0 fully saturated rings. The first kappa shape index (κ1) is 25.4. The highest BCUT2D eigenvalue weighted by atomic mass is 32.1. The number of methoxy groups -OCH3 is 1. The second-order valence-electron chi connectivity index (χ2n) is 8.45.